The van der Waals surface area contributed by atoms with Gasteiger partial charge >= 0.3 is 0 Å². The highest BCUT2D eigenvalue weighted by atomic mass is 32.2. The number of rotatable bonds is 6. The standard InChI is InChI=1S/C24H22N4OS2/c1-16-7-6-8-18(13-16)15-31-24-26-25-23-27(14-17(2)19-9-4-3-5-10-19)22(29)21-20(28(23)24)11-12-30-21/h3-13,17H,14-15H2,1-2H3/t17-/m0/s1. The van der Waals surface area contributed by atoms with Crippen molar-refractivity contribution < 1.29 is 0 Å². The Balaban J connectivity index is 1.56. The number of hydrogen-bond donors (Lipinski definition) is 0. The van der Waals surface area contributed by atoms with Gasteiger partial charge in [0.15, 0.2) is 5.16 Å². The Morgan fingerprint density at radius 3 is 2.71 bits per heavy atom. The Kier molecular flexibility index (Phi) is 5.38. The SMILES string of the molecule is Cc1cccc(CSc2nnc3n(C[C@H](C)c4ccccc4)c(=O)c4sccc4n23)c1. The van der Waals surface area contributed by atoms with Crippen molar-refractivity contribution in [3.8, 4) is 0 Å². The average Bonchev–Trinajstić information content (AvgIpc) is 3.43. The largest absolute Gasteiger partial charge is 0.275 e. The predicted molar refractivity (Wildman–Crippen MR) is 128 cm³/mol. The monoisotopic (exact) mass is 446 g/mol. The molecule has 7 heteroatoms. The second-order valence-corrected chi connectivity index (χ2v) is 9.62. The molecular weight excluding hydrogens is 424 g/mol. The lowest BCUT2D eigenvalue weighted by Gasteiger charge is -2.15. The molecule has 5 aromatic rings. The number of aryl methyl sites for hydroxylation is 1. The fraction of sp³-hybridized carbons (Fsp3) is 0.208. The van der Waals surface area contributed by atoms with Crippen molar-refractivity contribution in [1.29, 1.82) is 0 Å². The molecule has 0 aliphatic carbocycles. The first-order chi connectivity index (χ1) is 15.1. The van der Waals surface area contributed by atoms with E-state index in [-0.39, 0.29) is 11.5 Å². The molecule has 0 saturated heterocycles. The molecule has 0 unspecified atom stereocenters. The van der Waals surface area contributed by atoms with Crippen LogP contribution in [-0.4, -0.2) is 19.2 Å². The fourth-order valence-corrected chi connectivity index (χ4v) is 5.58. The molecule has 0 aliphatic rings. The maximum absolute atomic E-state index is 13.3. The molecule has 0 radical (unpaired) electrons. The van der Waals surface area contributed by atoms with Crippen molar-refractivity contribution in [2.24, 2.45) is 0 Å². The van der Waals surface area contributed by atoms with E-state index in [1.807, 2.05) is 34.0 Å². The van der Waals surface area contributed by atoms with E-state index in [9.17, 15) is 4.79 Å². The van der Waals surface area contributed by atoms with E-state index >= 15 is 0 Å². The highest BCUT2D eigenvalue weighted by Crippen LogP contribution is 2.27. The van der Waals surface area contributed by atoms with Gasteiger partial charge in [-0.05, 0) is 35.4 Å². The third-order valence-electron chi connectivity index (χ3n) is 5.46. The van der Waals surface area contributed by atoms with E-state index in [2.05, 4.69) is 60.4 Å². The van der Waals surface area contributed by atoms with Gasteiger partial charge in [-0.1, -0.05) is 78.8 Å². The summed E-state index contributed by atoms with van der Waals surface area (Å²) in [5.74, 6) is 1.58. The summed E-state index contributed by atoms with van der Waals surface area (Å²) in [6.45, 7) is 4.80. The zero-order chi connectivity index (χ0) is 21.4. The van der Waals surface area contributed by atoms with Crippen LogP contribution in [0.5, 0.6) is 0 Å². The average molecular weight is 447 g/mol. The van der Waals surface area contributed by atoms with Crippen molar-refractivity contribution in [1.82, 2.24) is 19.2 Å². The molecule has 0 spiro atoms. The van der Waals surface area contributed by atoms with Crippen molar-refractivity contribution in [3.05, 3.63) is 93.1 Å². The van der Waals surface area contributed by atoms with Gasteiger partial charge in [-0.3, -0.25) is 13.8 Å². The van der Waals surface area contributed by atoms with Crippen molar-refractivity contribution in [2.45, 2.75) is 37.2 Å². The van der Waals surface area contributed by atoms with Gasteiger partial charge in [-0.2, -0.15) is 0 Å². The minimum absolute atomic E-state index is 0.00270. The Morgan fingerprint density at radius 1 is 1.06 bits per heavy atom. The van der Waals surface area contributed by atoms with Crippen LogP contribution in [0.3, 0.4) is 0 Å². The second kappa shape index (κ2) is 8.32. The van der Waals surface area contributed by atoms with Gasteiger partial charge in [0.25, 0.3) is 5.56 Å². The Bertz CT molecular complexity index is 1420. The molecular formula is C24H22N4OS2. The van der Waals surface area contributed by atoms with Crippen molar-refractivity contribution >= 4 is 39.1 Å². The van der Waals surface area contributed by atoms with Crippen LogP contribution in [0.25, 0.3) is 16.0 Å². The van der Waals surface area contributed by atoms with Crippen LogP contribution >= 0.6 is 23.1 Å². The summed E-state index contributed by atoms with van der Waals surface area (Å²) >= 11 is 3.12. The summed E-state index contributed by atoms with van der Waals surface area (Å²) in [6, 6.07) is 20.7. The van der Waals surface area contributed by atoms with Gasteiger partial charge in [-0.15, -0.1) is 21.5 Å². The van der Waals surface area contributed by atoms with Gasteiger partial charge in [0.05, 0.1) is 5.52 Å². The number of fused-ring (bicyclic) bond motifs is 3. The topological polar surface area (TPSA) is 52.2 Å². The summed E-state index contributed by atoms with van der Waals surface area (Å²) in [5, 5.41) is 11.7. The number of hydrogen-bond acceptors (Lipinski definition) is 5. The Labute approximate surface area is 188 Å². The lowest BCUT2D eigenvalue weighted by Crippen LogP contribution is -2.24. The van der Waals surface area contributed by atoms with Crippen LogP contribution in [0, 0.1) is 6.92 Å². The van der Waals surface area contributed by atoms with Crippen LogP contribution in [0.2, 0.25) is 0 Å². The van der Waals surface area contributed by atoms with Gasteiger partial charge < -0.3 is 0 Å². The zero-order valence-electron chi connectivity index (χ0n) is 17.4. The molecule has 3 aromatic heterocycles. The number of aromatic nitrogens is 4. The lowest BCUT2D eigenvalue weighted by molar-refractivity contribution is 0.588. The zero-order valence-corrected chi connectivity index (χ0v) is 19.0. The van der Waals surface area contributed by atoms with E-state index in [1.54, 1.807) is 16.3 Å². The third kappa shape index (κ3) is 3.79. The summed E-state index contributed by atoms with van der Waals surface area (Å²) < 4.78 is 4.55. The molecule has 0 amide bonds. The van der Waals surface area contributed by atoms with Crippen molar-refractivity contribution in [3.63, 3.8) is 0 Å². The molecule has 5 rings (SSSR count). The summed E-state index contributed by atoms with van der Waals surface area (Å²) in [5.41, 5.74) is 4.57. The quantitative estimate of drug-likeness (QED) is 0.323. The number of benzene rings is 2. The minimum atomic E-state index is 0.00270. The molecule has 0 saturated carbocycles. The van der Waals surface area contributed by atoms with E-state index in [1.165, 1.54) is 28.0 Å². The number of nitrogens with zero attached hydrogens (tertiary/aromatic N) is 4. The summed E-state index contributed by atoms with van der Waals surface area (Å²) in [4.78, 5) is 13.3. The fourth-order valence-electron chi connectivity index (χ4n) is 3.87. The molecule has 31 heavy (non-hydrogen) atoms. The number of thioether (sulfide) groups is 1. The van der Waals surface area contributed by atoms with E-state index < -0.39 is 0 Å². The Morgan fingerprint density at radius 2 is 1.90 bits per heavy atom. The Hall–Kier alpha value is -2.90. The van der Waals surface area contributed by atoms with Gasteiger partial charge in [0.2, 0.25) is 5.78 Å². The maximum Gasteiger partial charge on any atom is 0.272 e. The molecule has 5 nitrogen and oxygen atoms in total. The molecule has 0 fully saturated rings. The molecule has 1 atom stereocenters. The first-order valence-electron chi connectivity index (χ1n) is 10.2. The van der Waals surface area contributed by atoms with E-state index in [0.717, 1.165) is 21.1 Å². The first-order valence-corrected chi connectivity index (χ1v) is 12.1. The van der Waals surface area contributed by atoms with Gasteiger partial charge in [0.1, 0.15) is 4.70 Å². The molecule has 2 aromatic carbocycles. The maximum atomic E-state index is 13.3. The molecule has 156 valence electrons. The van der Waals surface area contributed by atoms with E-state index in [4.69, 9.17) is 0 Å². The van der Waals surface area contributed by atoms with Gasteiger partial charge in [0, 0.05) is 12.3 Å². The van der Waals surface area contributed by atoms with Gasteiger partial charge in [-0.25, -0.2) is 0 Å². The van der Waals surface area contributed by atoms with E-state index in [0.29, 0.717) is 12.3 Å². The lowest BCUT2D eigenvalue weighted by atomic mass is 10.0. The summed E-state index contributed by atoms with van der Waals surface area (Å²) in [6.07, 6.45) is 0. The normalized spacial score (nSPS) is 12.6. The molecule has 0 bridgehead atoms. The van der Waals surface area contributed by atoms with Crippen LogP contribution in [0.1, 0.15) is 29.5 Å². The van der Waals surface area contributed by atoms with Crippen LogP contribution < -0.4 is 5.56 Å². The molecule has 0 N–H and O–H groups in total. The third-order valence-corrected chi connectivity index (χ3v) is 7.35. The van der Waals surface area contributed by atoms with Crippen LogP contribution in [-0.2, 0) is 12.3 Å². The minimum Gasteiger partial charge on any atom is -0.275 e. The second-order valence-electron chi connectivity index (χ2n) is 7.76. The van der Waals surface area contributed by atoms with Crippen molar-refractivity contribution in [2.75, 3.05) is 0 Å². The molecule has 0 aliphatic heterocycles. The summed E-state index contributed by atoms with van der Waals surface area (Å²) in [7, 11) is 0. The predicted octanol–water partition coefficient (Wildman–Crippen LogP) is 5.51. The smallest absolute Gasteiger partial charge is 0.272 e. The first kappa shape index (κ1) is 20.0. The number of thiophene rings is 1. The highest BCUT2D eigenvalue weighted by molar-refractivity contribution is 7.98. The van der Waals surface area contributed by atoms with Crippen LogP contribution in [0.4, 0.5) is 0 Å². The molecule has 3 heterocycles. The highest BCUT2D eigenvalue weighted by Gasteiger charge is 2.19. The van der Waals surface area contributed by atoms with Crippen LogP contribution in [0.15, 0.2) is 76.0 Å².